The number of quaternary nitrogens is 1. The summed E-state index contributed by atoms with van der Waals surface area (Å²) in [5, 5.41) is 9.07. The molecule has 0 saturated carbocycles. The predicted molar refractivity (Wildman–Crippen MR) is 121 cm³/mol. The van der Waals surface area contributed by atoms with Crippen molar-refractivity contribution in [2.75, 3.05) is 32.4 Å². The zero-order valence-corrected chi connectivity index (χ0v) is 19.4. The molecule has 0 aromatic heterocycles. The average Bonchev–Trinajstić information content (AvgIpc) is 2.59. The lowest BCUT2D eigenvalue weighted by atomic mass is 10.1. The van der Waals surface area contributed by atoms with E-state index in [-0.39, 0.29) is 6.42 Å². The first kappa shape index (κ1) is 26.0. The Bertz CT molecular complexity index is 819. The Kier molecular flexibility index (Phi) is 10.9. The largest absolute Gasteiger partial charge is 0.481 e. The van der Waals surface area contributed by atoms with Crippen LogP contribution in [0.15, 0.2) is 24.3 Å². The smallest absolute Gasteiger partial charge is 0.305 e. The molecule has 8 heteroatoms. The first-order valence-electron chi connectivity index (χ1n) is 10.4. The van der Waals surface area contributed by atoms with Gasteiger partial charge in [-0.15, -0.1) is 0 Å². The molecule has 7 nitrogen and oxygen atoms in total. The molecule has 1 atom stereocenters. The molecular formula is C22H36N3O4S+. The van der Waals surface area contributed by atoms with Crippen LogP contribution in [0.4, 0.5) is 5.69 Å². The molecule has 3 N–H and O–H groups in total. The summed E-state index contributed by atoms with van der Waals surface area (Å²) in [6.07, 6.45) is 6.62. The Balaban J connectivity index is 2.63. The maximum absolute atomic E-state index is 12.4. The molecular weight excluding hydrogens is 402 g/mol. The average molecular weight is 439 g/mol. The van der Waals surface area contributed by atoms with E-state index in [1.165, 1.54) is 25.7 Å². The van der Waals surface area contributed by atoms with Crippen LogP contribution in [0.2, 0.25) is 0 Å². The number of likely N-dealkylation sites (N-methyl/N-ethyl adjacent to an activating group) is 1. The number of rotatable bonds is 13. The zero-order valence-electron chi connectivity index (χ0n) is 18.6. The van der Waals surface area contributed by atoms with Gasteiger partial charge in [-0.2, -0.15) is 13.1 Å². The van der Waals surface area contributed by atoms with Crippen molar-refractivity contribution in [1.82, 2.24) is 4.72 Å². The van der Waals surface area contributed by atoms with Crippen molar-refractivity contribution in [2.24, 2.45) is 0 Å². The van der Waals surface area contributed by atoms with E-state index in [2.05, 4.69) is 28.2 Å². The highest BCUT2D eigenvalue weighted by Crippen LogP contribution is 2.12. The molecule has 0 aliphatic heterocycles. The van der Waals surface area contributed by atoms with Crippen LogP contribution in [0.3, 0.4) is 0 Å². The monoisotopic (exact) mass is 438 g/mol. The molecule has 1 aromatic rings. The van der Waals surface area contributed by atoms with Gasteiger partial charge < -0.3 is 9.59 Å². The molecule has 0 amide bonds. The third-order valence-electron chi connectivity index (χ3n) is 4.29. The Morgan fingerprint density at radius 3 is 2.30 bits per heavy atom. The van der Waals surface area contributed by atoms with E-state index in [1.807, 2.05) is 21.1 Å². The summed E-state index contributed by atoms with van der Waals surface area (Å²) >= 11 is 0. The first-order chi connectivity index (χ1) is 14.0. The maximum atomic E-state index is 12.4. The number of hydrogen-bond donors (Lipinski definition) is 3. The van der Waals surface area contributed by atoms with Crippen LogP contribution >= 0.6 is 0 Å². The van der Waals surface area contributed by atoms with Gasteiger partial charge >= 0.3 is 5.97 Å². The second-order valence-corrected chi connectivity index (χ2v) is 9.98. The lowest BCUT2D eigenvalue weighted by Gasteiger charge is -2.29. The lowest BCUT2D eigenvalue weighted by molar-refractivity contribution is -0.871. The van der Waals surface area contributed by atoms with E-state index in [0.717, 1.165) is 18.4 Å². The molecule has 0 bridgehead atoms. The number of benzene rings is 1. The number of carboxylic acid groups (broad SMARTS) is 1. The Morgan fingerprint density at radius 1 is 1.10 bits per heavy atom. The fourth-order valence-electron chi connectivity index (χ4n) is 3.02. The van der Waals surface area contributed by atoms with Crippen LogP contribution in [0, 0.1) is 11.8 Å². The van der Waals surface area contributed by atoms with Crippen molar-refractivity contribution in [3.05, 3.63) is 29.8 Å². The topological polar surface area (TPSA) is 95.5 Å². The molecule has 0 heterocycles. The number of unbranched alkanes of at least 4 members (excludes halogenated alkanes) is 5. The summed E-state index contributed by atoms with van der Waals surface area (Å²) in [4.78, 5) is 11.1. The Labute approximate surface area is 181 Å². The summed E-state index contributed by atoms with van der Waals surface area (Å²) in [6, 6.07) is 6.11. The molecule has 1 rings (SSSR count). The minimum Gasteiger partial charge on any atom is -0.481 e. The van der Waals surface area contributed by atoms with E-state index in [4.69, 9.17) is 5.11 Å². The third-order valence-corrected chi connectivity index (χ3v) is 5.43. The van der Waals surface area contributed by atoms with Gasteiger partial charge in [0.1, 0.15) is 0 Å². The fraction of sp³-hybridized carbons (Fsp3) is 0.591. The van der Waals surface area contributed by atoms with E-state index in [1.54, 1.807) is 24.3 Å². The number of carbonyl (C=O) groups is 1. The van der Waals surface area contributed by atoms with E-state index >= 15 is 0 Å². The lowest BCUT2D eigenvalue weighted by Crippen LogP contribution is -2.50. The second kappa shape index (κ2) is 12.6. The normalized spacial score (nSPS) is 12.7. The van der Waals surface area contributed by atoms with Gasteiger partial charge in [-0.05, 0) is 30.7 Å². The molecule has 0 radical (unpaired) electrons. The van der Waals surface area contributed by atoms with Crippen LogP contribution in [-0.4, -0.2) is 57.7 Å². The molecule has 0 unspecified atom stereocenters. The van der Waals surface area contributed by atoms with Gasteiger partial charge in [0.25, 0.3) is 10.2 Å². The van der Waals surface area contributed by atoms with Gasteiger partial charge in [-0.1, -0.05) is 44.4 Å². The van der Waals surface area contributed by atoms with Crippen molar-refractivity contribution < 1.29 is 22.8 Å². The number of hydrogen-bond acceptors (Lipinski definition) is 3. The number of nitrogens with one attached hydrogen (secondary N) is 2. The van der Waals surface area contributed by atoms with Gasteiger partial charge in [0.15, 0.2) is 0 Å². The van der Waals surface area contributed by atoms with Crippen molar-refractivity contribution in [1.29, 1.82) is 0 Å². The maximum Gasteiger partial charge on any atom is 0.305 e. The van der Waals surface area contributed by atoms with E-state index < -0.39 is 22.2 Å². The molecule has 0 saturated heterocycles. The van der Waals surface area contributed by atoms with Crippen LogP contribution < -0.4 is 9.44 Å². The van der Waals surface area contributed by atoms with Crippen LogP contribution in [-0.2, 0) is 15.0 Å². The molecule has 0 fully saturated rings. The number of anilines is 1. The summed E-state index contributed by atoms with van der Waals surface area (Å²) < 4.78 is 30.2. The highest BCUT2D eigenvalue weighted by Gasteiger charge is 2.25. The standard InChI is InChI=1S/C22H35N3O4S/c1-5-6-7-8-9-10-11-12-19-13-15-20(16-14-19)23-30(28,29)24-21(17-22(26)27)18-25(2,3)4/h13-16,21,23-24H,5-10,17-18H2,1-4H3/p+1/t21-/m0/s1. The predicted octanol–water partition coefficient (Wildman–Crippen LogP) is 3.19. The van der Waals surface area contributed by atoms with Crippen LogP contribution in [0.25, 0.3) is 0 Å². The molecule has 0 spiro atoms. The quantitative estimate of drug-likeness (QED) is 0.250. The number of aliphatic carboxylic acids is 1. The third kappa shape index (κ3) is 12.5. The van der Waals surface area contributed by atoms with Crippen molar-refractivity contribution >= 4 is 21.9 Å². The summed E-state index contributed by atoms with van der Waals surface area (Å²) in [6.45, 7) is 2.54. The SMILES string of the molecule is CCCCCCCC#Cc1ccc(NS(=O)(=O)N[C@@H](CC(=O)O)C[N+](C)(C)C)cc1. The number of carboxylic acids is 1. The highest BCUT2D eigenvalue weighted by molar-refractivity contribution is 7.90. The van der Waals surface area contributed by atoms with Crippen LogP contribution in [0.5, 0.6) is 0 Å². The van der Waals surface area contributed by atoms with Gasteiger partial charge in [-0.25, -0.2) is 0 Å². The molecule has 0 aliphatic carbocycles. The fourth-order valence-corrected chi connectivity index (χ4v) is 4.12. The molecule has 0 aliphatic rings. The van der Waals surface area contributed by atoms with E-state index in [0.29, 0.717) is 16.7 Å². The zero-order chi connectivity index (χ0) is 22.6. The second-order valence-electron chi connectivity index (χ2n) is 8.53. The van der Waals surface area contributed by atoms with Crippen molar-refractivity contribution in [2.45, 2.75) is 57.9 Å². The van der Waals surface area contributed by atoms with Crippen LogP contribution in [0.1, 0.15) is 57.4 Å². The first-order valence-corrected chi connectivity index (χ1v) is 11.9. The molecule has 168 valence electrons. The minimum absolute atomic E-state index is 0.288. The van der Waals surface area contributed by atoms with E-state index in [9.17, 15) is 13.2 Å². The highest BCUT2D eigenvalue weighted by atomic mass is 32.2. The summed E-state index contributed by atoms with van der Waals surface area (Å²) in [5.74, 6) is 5.20. The minimum atomic E-state index is -3.91. The molecule has 1 aromatic carbocycles. The van der Waals surface area contributed by atoms with Gasteiger partial charge in [0.2, 0.25) is 0 Å². The van der Waals surface area contributed by atoms with Gasteiger partial charge in [0.05, 0.1) is 40.2 Å². The summed E-state index contributed by atoms with van der Waals surface area (Å²) in [7, 11) is 1.72. The summed E-state index contributed by atoms with van der Waals surface area (Å²) in [5.41, 5.74) is 1.22. The van der Waals surface area contributed by atoms with Crippen molar-refractivity contribution in [3.8, 4) is 11.8 Å². The number of nitrogens with zero attached hydrogens (tertiary/aromatic N) is 1. The van der Waals surface area contributed by atoms with Gasteiger partial charge in [-0.3, -0.25) is 9.52 Å². The molecule has 30 heavy (non-hydrogen) atoms. The van der Waals surface area contributed by atoms with Gasteiger partial charge in [0, 0.05) is 17.7 Å². The Hall–Kier alpha value is -2.08. The van der Waals surface area contributed by atoms with Crippen molar-refractivity contribution in [3.63, 3.8) is 0 Å². The Morgan fingerprint density at radius 2 is 1.73 bits per heavy atom.